The van der Waals surface area contributed by atoms with Crippen molar-refractivity contribution < 1.29 is 0 Å². The molecule has 4 heteroatoms. The fraction of sp³-hybridized carbons (Fsp3) is 0.615. The van der Waals surface area contributed by atoms with E-state index in [4.69, 9.17) is 5.26 Å². The highest BCUT2D eigenvalue weighted by Gasteiger charge is 2.10. The van der Waals surface area contributed by atoms with Gasteiger partial charge >= 0.3 is 0 Å². The monoisotopic (exact) mass is 232 g/mol. The SMILES string of the molecule is Cc1cc(N(CCC#N)CC(C)C)nc(C)n1. The summed E-state index contributed by atoms with van der Waals surface area (Å²) in [6, 6.07) is 4.16. The van der Waals surface area contributed by atoms with Crippen LogP contribution in [0.5, 0.6) is 0 Å². The molecule has 1 aromatic rings. The van der Waals surface area contributed by atoms with Gasteiger partial charge in [-0.1, -0.05) is 13.8 Å². The van der Waals surface area contributed by atoms with Crippen LogP contribution in [0.15, 0.2) is 6.07 Å². The van der Waals surface area contributed by atoms with Crippen molar-refractivity contribution in [3.05, 3.63) is 17.6 Å². The number of aryl methyl sites for hydroxylation is 2. The molecule has 0 aliphatic carbocycles. The molecule has 0 spiro atoms. The van der Waals surface area contributed by atoms with E-state index in [1.165, 1.54) is 0 Å². The van der Waals surface area contributed by atoms with E-state index >= 15 is 0 Å². The standard InChI is InChI=1S/C13H20N4/c1-10(2)9-17(7-5-6-14)13-8-11(3)15-12(4)16-13/h8,10H,5,7,9H2,1-4H3. The van der Waals surface area contributed by atoms with Crippen molar-refractivity contribution in [3.63, 3.8) is 0 Å². The van der Waals surface area contributed by atoms with E-state index in [2.05, 4.69) is 34.8 Å². The molecule has 0 N–H and O–H groups in total. The van der Waals surface area contributed by atoms with Gasteiger partial charge in [-0.05, 0) is 19.8 Å². The molecule has 0 saturated heterocycles. The van der Waals surface area contributed by atoms with Gasteiger partial charge in [0.15, 0.2) is 0 Å². The maximum Gasteiger partial charge on any atom is 0.132 e. The van der Waals surface area contributed by atoms with Crippen LogP contribution in [0.1, 0.15) is 31.8 Å². The van der Waals surface area contributed by atoms with Gasteiger partial charge in [0.2, 0.25) is 0 Å². The summed E-state index contributed by atoms with van der Waals surface area (Å²) in [6.07, 6.45) is 0.523. The molecule has 17 heavy (non-hydrogen) atoms. The molecule has 0 unspecified atom stereocenters. The van der Waals surface area contributed by atoms with Crippen LogP contribution in [-0.4, -0.2) is 23.1 Å². The molecule has 92 valence electrons. The Bertz CT molecular complexity index is 386. The molecule has 4 nitrogen and oxygen atoms in total. The van der Waals surface area contributed by atoms with Gasteiger partial charge in [-0.2, -0.15) is 5.26 Å². The van der Waals surface area contributed by atoms with Crippen LogP contribution in [0.3, 0.4) is 0 Å². The van der Waals surface area contributed by atoms with Gasteiger partial charge in [0.05, 0.1) is 12.5 Å². The molecule has 0 aliphatic rings. The Labute approximate surface area is 103 Å². The fourth-order valence-electron chi connectivity index (χ4n) is 1.78. The summed E-state index contributed by atoms with van der Waals surface area (Å²) in [5, 5.41) is 8.70. The van der Waals surface area contributed by atoms with E-state index in [9.17, 15) is 0 Å². The lowest BCUT2D eigenvalue weighted by atomic mass is 10.2. The Morgan fingerprint density at radius 3 is 2.59 bits per heavy atom. The van der Waals surface area contributed by atoms with Gasteiger partial charge in [-0.3, -0.25) is 0 Å². The minimum Gasteiger partial charge on any atom is -0.355 e. The number of rotatable bonds is 5. The van der Waals surface area contributed by atoms with E-state index in [-0.39, 0.29) is 0 Å². The average Bonchev–Trinajstić information content (AvgIpc) is 2.22. The zero-order chi connectivity index (χ0) is 12.8. The number of aromatic nitrogens is 2. The highest BCUT2D eigenvalue weighted by molar-refractivity contribution is 5.39. The van der Waals surface area contributed by atoms with E-state index in [0.717, 1.165) is 30.4 Å². The molecule has 0 bridgehead atoms. The van der Waals surface area contributed by atoms with E-state index in [1.807, 2.05) is 19.9 Å². The molecule has 0 aromatic carbocycles. The molecule has 0 amide bonds. The lowest BCUT2D eigenvalue weighted by Gasteiger charge is -2.25. The average molecular weight is 232 g/mol. The van der Waals surface area contributed by atoms with Gasteiger partial charge in [-0.15, -0.1) is 0 Å². The minimum absolute atomic E-state index is 0.523. The van der Waals surface area contributed by atoms with Gasteiger partial charge in [-0.25, -0.2) is 9.97 Å². The van der Waals surface area contributed by atoms with E-state index < -0.39 is 0 Å². The van der Waals surface area contributed by atoms with E-state index in [1.54, 1.807) is 0 Å². The maximum atomic E-state index is 8.70. The van der Waals surface area contributed by atoms with Crippen LogP contribution >= 0.6 is 0 Å². The maximum absolute atomic E-state index is 8.70. The van der Waals surface area contributed by atoms with Crippen molar-refractivity contribution in [3.8, 4) is 6.07 Å². The number of nitrogens with zero attached hydrogens (tertiary/aromatic N) is 4. The van der Waals surface area contributed by atoms with Crippen LogP contribution in [0, 0.1) is 31.1 Å². The first-order valence-electron chi connectivity index (χ1n) is 5.97. The summed E-state index contributed by atoms with van der Waals surface area (Å²) in [6.45, 7) is 9.84. The number of hydrogen-bond donors (Lipinski definition) is 0. The Kier molecular flexibility index (Phi) is 4.89. The van der Waals surface area contributed by atoms with Crippen LogP contribution < -0.4 is 4.90 Å². The first-order valence-corrected chi connectivity index (χ1v) is 5.97. The predicted octanol–water partition coefficient (Wildman–Crippen LogP) is 2.47. The van der Waals surface area contributed by atoms with Crippen LogP contribution in [0.25, 0.3) is 0 Å². The van der Waals surface area contributed by atoms with Crippen LogP contribution in [0.2, 0.25) is 0 Å². The second-order valence-electron chi connectivity index (χ2n) is 4.66. The summed E-state index contributed by atoms with van der Waals surface area (Å²) < 4.78 is 0. The first-order chi connectivity index (χ1) is 8.02. The molecular formula is C13H20N4. The van der Waals surface area contributed by atoms with Crippen molar-refractivity contribution in [2.45, 2.75) is 34.1 Å². The Hall–Kier alpha value is -1.63. The summed E-state index contributed by atoms with van der Waals surface area (Å²) in [5.41, 5.74) is 0.971. The fourth-order valence-corrected chi connectivity index (χ4v) is 1.78. The van der Waals surface area contributed by atoms with Crippen LogP contribution in [-0.2, 0) is 0 Å². The third kappa shape index (κ3) is 4.39. The third-order valence-electron chi connectivity index (χ3n) is 2.36. The molecule has 1 rings (SSSR count). The summed E-state index contributed by atoms with van der Waals surface area (Å²) in [7, 11) is 0. The van der Waals surface area contributed by atoms with Gasteiger partial charge < -0.3 is 4.90 Å². The van der Waals surface area contributed by atoms with E-state index in [0.29, 0.717) is 12.3 Å². The third-order valence-corrected chi connectivity index (χ3v) is 2.36. The van der Waals surface area contributed by atoms with Crippen molar-refractivity contribution in [2.75, 3.05) is 18.0 Å². The van der Waals surface area contributed by atoms with Crippen molar-refractivity contribution >= 4 is 5.82 Å². The van der Waals surface area contributed by atoms with Crippen molar-refractivity contribution in [1.82, 2.24) is 9.97 Å². The smallest absolute Gasteiger partial charge is 0.132 e. The van der Waals surface area contributed by atoms with Gasteiger partial charge in [0, 0.05) is 24.8 Å². The molecule has 0 radical (unpaired) electrons. The molecule has 1 heterocycles. The Balaban J connectivity index is 2.91. The number of hydrogen-bond acceptors (Lipinski definition) is 4. The molecule has 0 fully saturated rings. The highest BCUT2D eigenvalue weighted by atomic mass is 15.2. The zero-order valence-corrected chi connectivity index (χ0v) is 11.1. The molecular weight excluding hydrogens is 212 g/mol. The molecule has 1 aromatic heterocycles. The molecule has 0 atom stereocenters. The highest BCUT2D eigenvalue weighted by Crippen LogP contribution is 2.14. The van der Waals surface area contributed by atoms with Gasteiger partial charge in [0.1, 0.15) is 11.6 Å². The number of nitriles is 1. The molecule has 0 saturated carbocycles. The second kappa shape index (κ2) is 6.19. The Morgan fingerprint density at radius 1 is 1.35 bits per heavy atom. The molecule has 0 aliphatic heterocycles. The number of anilines is 1. The van der Waals surface area contributed by atoms with Crippen LogP contribution in [0.4, 0.5) is 5.82 Å². The predicted molar refractivity (Wildman–Crippen MR) is 68.8 cm³/mol. The summed E-state index contributed by atoms with van der Waals surface area (Å²) >= 11 is 0. The summed E-state index contributed by atoms with van der Waals surface area (Å²) in [4.78, 5) is 10.9. The second-order valence-corrected chi connectivity index (χ2v) is 4.66. The lowest BCUT2D eigenvalue weighted by molar-refractivity contribution is 0.606. The van der Waals surface area contributed by atoms with Crippen molar-refractivity contribution in [1.29, 1.82) is 5.26 Å². The minimum atomic E-state index is 0.523. The zero-order valence-electron chi connectivity index (χ0n) is 11.1. The lowest BCUT2D eigenvalue weighted by Crippen LogP contribution is -2.29. The first kappa shape index (κ1) is 13.4. The van der Waals surface area contributed by atoms with Gasteiger partial charge in [0.25, 0.3) is 0 Å². The Morgan fingerprint density at radius 2 is 2.06 bits per heavy atom. The summed E-state index contributed by atoms with van der Waals surface area (Å²) in [5.74, 6) is 2.26. The quantitative estimate of drug-likeness (QED) is 0.782. The topological polar surface area (TPSA) is 52.8 Å². The normalized spacial score (nSPS) is 10.4. The van der Waals surface area contributed by atoms with Crippen molar-refractivity contribution in [2.24, 2.45) is 5.92 Å². The largest absolute Gasteiger partial charge is 0.355 e.